The molecular weight excluding hydrogens is 260 g/mol. The standard InChI is InChI=1S/C18H20N2O/c1-20-13-12-19-16(14-8-4-2-5-9-14)17(20)18(21)15-10-6-3-7-11-15/h2-11,16-17,19H,12-13H2,1H3. The Bertz CT molecular complexity index is 597. The Morgan fingerprint density at radius 2 is 1.67 bits per heavy atom. The third-order valence-corrected chi connectivity index (χ3v) is 4.10. The lowest BCUT2D eigenvalue weighted by Crippen LogP contribution is -2.55. The molecule has 2 atom stereocenters. The van der Waals surface area contributed by atoms with Crippen molar-refractivity contribution in [2.75, 3.05) is 20.1 Å². The maximum atomic E-state index is 12.9. The summed E-state index contributed by atoms with van der Waals surface area (Å²) in [6, 6.07) is 19.7. The molecule has 0 aromatic heterocycles. The molecule has 1 aliphatic rings. The second-order valence-electron chi connectivity index (χ2n) is 5.50. The van der Waals surface area contributed by atoms with E-state index in [4.69, 9.17) is 0 Å². The van der Waals surface area contributed by atoms with Crippen molar-refractivity contribution in [3.63, 3.8) is 0 Å². The number of carbonyl (C=O) groups excluding carboxylic acids is 1. The van der Waals surface area contributed by atoms with Gasteiger partial charge in [0.05, 0.1) is 12.1 Å². The maximum absolute atomic E-state index is 12.9. The highest BCUT2D eigenvalue weighted by Gasteiger charge is 2.35. The average Bonchev–Trinajstić information content (AvgIpc) is 2.55. The number of ketones is 1. The lowest BCUT2D eigenvalue weighted by Gasteiger charge is -2.39. The molecule has 1 heterocycles. The van der Waals surface area contributed by atoms with E-state index in [-0.39, 0.29) is 17.9 Å². The first-order valence-corrected chi connectivity index (χ1v) is 7.35. The minimum absolute atomic E-state index is 0.0395. The number of hydrogen-bond donors (Lipinski definition) is 1. The summed E-state index contributed by atoms with van der Waals surface area (Å²) in [7, 11) is 2.03. The molecule has 2 aromatic carbocycles. The molecule has 0 aliphatic carbocycles. The highest BCUT2D eigenvalue weighted by Crippen LogP contribution is 2.25. The number of nitrogens with zero attached hydrogens (tertiary/aromatic N) is 1. The van der Waals surface area contributed by atoms with Gasteiger partial charge in [-0.25, -0.2) is 0 Å². The molecule has 21 heavy (non-hydrogen) atoms. The molecule has 3 rings (SSSR count). The van der Waals surface area contributed by atoms with Gasteiger partial charge < -0.3 is 5.32 Å². The van der Waals surface area contributed by atoms with Crippen LogP contribution in [0.2, 0.25) is 0 Å². The zero-order valence-corrected chi connectivity index (χ0v) is 12.2. The van der Waals surface area contributed by atoms with Crippen LogP contribution in [-0.2, 0) is 0 Å². The number of carbonyl (C=O) groups is 1. The summed E-state index contributed by atoms with van der Waals surface area (Å²) < 4.78 is 0. The van der Waals surface area contributed by atoms with E-state index in [9.17, 15) is 4.79 Å². The third-order valence-electron chi connectivity index (χ3n) is 4.10. The van der Waals surface area contributed by atoms with Crippen LogP contribution in [0.4, 0.5) is 0 Å². The summed E-state index contributed by atoms with van der Waals surface area (Å²) >= 11 is 0. The first kappa shape index (κ1) is 14.0. The van der Waals surface area contributed by atoms with Crippen LogP contribution in [0.15, 0.2) is 60.7 Å². The Morgan fingerprint density at radius 3 is 2.33 bits per heavy atom. The van der Waals surface area contributed by atoms with Crippen molar-refractivity contribution in [3.05, 3.63) is 71.8 Å². The first-order valence-electron chi connectivity index (χ1n) is 7.35. The smallest absolute Gasteiger partial charge is 0.181 e. The maximum Gasteiger partial charge on any atom is 0.181 e. The second kappa shape index (κ2) is 6.20. The fourth-order valence-electron chi connectivity index (χ4n) is 2.99. The minimum atomic E-state index is -0.163. The molecule has 0 radical (unpaired) electrons. The SMILES string of the molecule is CN1CCNC(c2ccccc2)C1C(=O)c1ccccc1. The predicted octanol–water partition coefficient (Wildman–Crippen LogP) is 2.51. The van der Waals surface area contributed by atoms with E-state index >= 15 is 0 Å². The molecule has 1 saturated heterocycles. The zero-order chi connectivity index (χ0) is 14.7. The predicted molar refractivity (Wildman–Crippen MR) is 84.4 cm³/mol. The summed E-state index contributed by atoms with van der Waals surface area (Å²) in [5.41, 5.74) is 1.94. The van der Waals surface area contributed by atoms with E-state index < -0.39 is 0 Å². The molecule has 1 aliphatic heterocycles. The summed E-state index contributed by atoms with van der Waals surface area (Å²) in [5, 5.41) is 3.50. The summed E-state index contributed by atoms with van der Waals surface area (Å²) in [4.78, 5) is 15.1. The second-order valence-corrected chi connectivity index (χ2v) is 5.50. The number of hydrogen-bond acceptors (Lipinski definition) is 3. The minimum Gasteiger partial charge on any atom is -0.307 e. The van der Waals surface area contributed by atoms with Gasteiger partial charge in [-0.05, 0) is 12.6 Å². The van der Waals surface area contributed by atoms with Crippen molar-refractivity contribution in [1.29, 1.82) is 0 Å². The monoisotopic (exact) mass is 280 g/mol. The third kappa shape index (κ3) is 2.89. The van der Waals surface area contributed by atoms with Crippen LogP contribution in [0.5, 0.6) is 0 Å². The van der Waals surface area contributed by atoms with Crippen molar-refractivity contribution in [2.24, 2.45) is 0 Å². The Balaban J connectivity index is 1.94. The molecule has 3 nitrogen and oxygen atoms in total. The van der Waals surface area contributed by atoms with E-state index in [0.29, 0.717) is 0 Å². The van der Waals surface area contributed by atoms with Gasteiger partial charge in [0.2, 0.25) is 0 Å². The van der Waals surface area contributed by atoms with Crippen LogP contribution < -0.4 is 5.32 Å². The Kier molecular flexibility index (Phi) is 4.13. The molecule has 0 amide bonds. The van der Waals surface area contributed by atoms with Crippen LogP contribution in [0, 0.1) is 0 Å². The fourth-order valence-corrected chi connectivity index (χ4v) is 2.99. The molecule has 2 unspecified atom stereocenters. The summed E-state index contributed by atoms with van der Waals surface area (Å²) in [5.74, 6) is 0.180. The summed E-state index contributed by atoms with van der Waals surface area (Å²) in [6.07, 6.45) is 0. The number of likely N-dealkylation sites (N-methyl/N-ethyl adjacent to an activating group) is 1. The molecule has 0 bridgehead atoms. The Morgan fingerprint density at radius 1 is 1.05 bits per heavy atom. The highest BCUT2D eigenvalue weighted by atomic mass is 16.1. The molecule has 1 fully saturated rings. The highest BCUT2D eigenvalue weighted by molar-refractivity contribution is 6.00. The average molecular weight is 280 g/mol. The van der Waals surface area contributed by atoms with Crippen molar-refractivity contribution in [1.82, 2.24) is 10.2 Å². The van der Waals surface area contributed by atoms with Crippen LogP contribution >= 0.6 is 0 Å². The number of nitrogens with one attached hydrogen (secondary N) is 1. The fraction of sp³-hybridized carbons (Fsp3) is 0.278. The van der Waals surface area contributed by atoms with E-state index in [1.165, 1.54) is 5.56 Å². The van der Waals surface area contributed by atoms with Crippen LogP contribution in [0.25, 0.3) is 0 Å². The van der Waals surface area contributed by atoms with Gasteiger partial charge in [-0.15, -0.1) is 0 Å². The van der Waals surface area contributed by atoms with Crippen LogP contribution in [0.3, 0.4) is 0 Å². The van der Waals surface area contributed by atoms with E-state index in [2.05, 4.69) is 22.3 Å². The van der Waals surface area contributed by atoms with Gasteiger partial charge >= 0.3 is 0 Å². The molecule has 108 valence electrons. The van der Waals surface area contributed by atoms with E-state index in [1.54, 1.807) is 0 Å². The van der Waals surface area contributed by atoms with Crippen LogP contribution in [0.1, 0.15) is 22.0 Å². The van der Waals surface area contributed by atoms with Crippen molar-refractivity contribution < 1.29 is 4.79 Å². The van der Waals surface area contributed by atoms with Gasteiger partial charge in [-0.1, -0.05) is 60.7 Å². The van der Waals surface area contributed by atoms with E-state index in [0.717, 1.165) is 18.7 Å². The van der Waals surface area contributed by atoms with Gasteiger partial charge in [-0.2, -0.15) is 0 Å². The zero-order valence-electron chi connectivity index (χ0n) is 12.2. The largest absolute Gasteiger partial charge is 0.307 e. The quantitative estimate of drug-likeness (QED) is 0.877. The summed E-state index contributed by atoms with van der Waals surface area (Å²) in [6.45, 7) is 1.78. The van der Waals surface area contributed by atoms with E-state index in [1.807, 2.05) is 55.6 Å². The first-order chi connectivity index (χ1) is 10.3. The lowest BCUT2D eigenvalue weighted by atomic mass is 9.90. The molecule has 2 aromatic rings. The molecule has 0 saturated carbocycles. The molecular formula is C18H20N2O. The van der Waals surface area contributed by atoms with Gasteiger partial charge in [0.25, 0.3) is 0 Å². The normalized spacial score (nSPS) is 22.9. The number of benzene rings is 2. The van der Waals surface area contributed by atoms with Gasteiger partial charge in [0, 0.05) is 18.7 Å². The van der Waals surface area contributed by atoms with Crippen molar-refractivity contribution >= 4 is 5.78 Å². The molecule has 3 heteroatoms. The Labute approximate surface area is 125 Å². The van der Waals surface area contributed by atoms with Crippen LogP contribution in [-0.4, -0.2) is 36.9 Å². The Hall–Kier alpha value is -1.97. The molecule has 0 spiro atoms. The number of piperazine rings is 1. The van der Waals surface area contributed by atoms with Crippen molar-refractivity contribution in [2.45, 2.75) is 12.1 Å². The number of rotatable bonds is 3. The van der Waals surface area contributed by atoms with Gasteiger partial charge in [0.1, 0.15) is 0 Å². The van der Waals surface area contributed by atoms with Gasteiger partial charge in [-0.3, -0.25) is 9.69 Å². The van der Waals surface area contributed by atoms with Gasteiger partial charge in [0.15, 0.2) is 5.78 Å². The topological polar surface area (TPSA) is 32.3 Å². The molecule has 1 N–H and O–H groups in total. The number of Topliss-reactive ketones (excluding diaryl/α,β-unsaturated/α-hetero) is 1. The lowest BCUT2D eigenvalue weighted by molar-refractivity contribution is 0.0740. The van der Waals surface area contributed by atoms with Crippen molar-refractivity contribution in [3.8, 4) is 0 Å².